The van der Waals surface area contributed by atoms with E-state index >= 15 is 0 Å². The van der Waals surface area contributed by atoms with Gasteiger partial charge in [-0.25, -0.2) is 13.6 Å². The van der Waals surface area contributed by atoms with Crippen molar-refractivity contribution >= 4 is 6.03 Å². The fourth-order valence-corrected chi connectivity index (χ4v) is 3.56. The number of nitriles is 1. The van der Waals surface area contributed by atoms with E-state index in [9.17, 15) is 18.4 Å². The number of nitrogens with zero attached hydrogens (tertiary/aromatic N) is 2. The molecule has 2 N–H and O–H groups in total. The monoisotopic (exact) mass is 386 g/mol. The van der Waals surface area contributed by atoms with E-state index < -0.39 is 23.2 Å². The fraction of sp³-hybridized carbons (Fsp3) is 0.316. The molecule has 0 bridgehead atoms. The van der Waals surface area contributed by atoms with Crippen molar-refractivity contribution in [2.75, 3.05) is 13.2 Å². The summed E-state index contributed by atoms with van der Waals surface area (Å²) in [5.74, 6) is -1.43. The van der Waals surface area contributed by atoms with E-state index in [2.05, 4.69) is 10.3 Å². The second-order valence-electron chi connectivity index (χ2n) is 6.84. The maximum atomic E-state index is 13.7. The topological polar surface area (TPSA) is 98.2 Å². The highest BCUT2D eigenvalue weighted by Crippen LogP contribution is 2.29. The van der Waals surface area contributed by atoms with E-state index in [1.807, 2.05) is 6.07 Å². The highest BCUT2D eigenvalue weighted by atomic mass is 19.1. The van der Waals surface area contributed by atoms with Gasteiger partial charge >= 0.3 is 6.03 Å². The quantitative estimate of drug-likeness (QED) is 0.778. The van der Waals surface area contributed by atoms with Crippen LogP contribution >= 0.6 is 0 Å². The number of ether oxygens (including phenoxy) is 1. The zero-order valence-electron chi connectivity index (χ0n) is 14.7. The first-order chi connectivity index (χ1) is 13.4. The molecule has 2 aromatic rings. The van der Waals surface area contributed by atoms with Crippen LogP contribution in [0.1, 0.15) is 22.4 Å². The van der Waals surface area contributed by atoms with Gasteiger partial charge < -0.3 is 19.9 Å². The highest BCUT2D eigenvalue weighted by molar-refractivity contribution is 5.75. The minimum Gasteiger partial charge on any atom is -0.488 e. The van der Waals surface area contributed by atoms with Crippen molar-refractivity contribution in [3.63, 3.8) is 0 Å². The number of amides is 2. The normalized spacial score (nSPS) is 17.8. The first-order valence-corrected chi connectivity index (χ1v) is 8.76. The Morgan fingerprint density at radius 3 is 2.93 bits per heavy atom. The number of carbonyl (C=O) groups is 1. The lowest BCUT2D eigenvalue weighted by molar-refractivity contribution is 0.174. The predicted octanol–water partition coefficient (Wildman–Crippen LogP) is 1.60. The number of H-pyrrole nitrogens is 1. The van der Waals surface area contributed by atoms with Gasteiger partial charge in [0, 0.05) is 36.8 Å². The summed E-state index contributed by atoms with van der Waals surface area (Å²) in [5, 5.41) is 11.8. The molecule has 7 nitrogen and oxygen atoms in total. The Morgan fingerprint density at radius 2 is 2.14 bits per heavy atom. The average Bonchev–Trinajstić information content (AvgIpc) is 2.66. The molecule has 0 saturated carbocycles. The summed E-state index contributed by atoms with van der Waals surface area (Å²) < 4.78 is 32.5. The van der Waals surface area contributed by atoms with E-state index in [4.69, 9.17) is 10.00 Å². The molecule has 0 aliphatic carbocycles. The fourth-order valence-electron chi connectivity index (χ4n) is 3.56. The SMILES string of the molecule is N#Cc1cc2c([nH]c1=O)CCN(C(=O)NC1COc3c(F)cc(F)cc3C1)C2. The average molecular weight is 386 g/mol. The van der Waals surface area contributed by atoms with Gasteiger partial charge in [0.05, 0.1) is 6.04 Å². The standard InChI is InChI=1S/C19H16F2N4O3/c20-13-4-10-5-14(9-28-17(10)15(21)6-13)23-19(27)25-2-1-16-12(8-25)3-11(7-22)18(26)24-16/h3-4,6,14H,1-2,5,8-9H2,(H,23,27)(H,24,26). The second kappa shape index (κ2) is 6.96. The molecule has 2 amide bonds. The molecule has 1 aromatic carbocycles. The zero-order valence-corrected chi connectivity index (χ0v) is 14.7. The minimum absolute atomic E-state index is 0.00217. The predicted molar refractivity (Wildman–Crippen MR) is 93.8 cm³/mol. The molecule has 3 heterocycles. The van der Waals surface area contributed by atoms with Gasteiger partial charge in [0.15, 0.2) is 11.6 Å². The van der Waals surface area contributed by atoms with E-state index in [1.54, 1.807) is 4.90 Å². The van der Waals surface area contributed by atoms with Crippen molar-refractivity contribution < 1.29 is 18.3 Å². The van der Waals surface area contributed by atoms with E-state index in [1.165, 1.54) is 12.1 Å². The molecular weight excluding hydrogens is 370 g/mol. The Kier molecular flexibility index (Phi) is 4.47. The van der Waals surface area contributed by atoms with Gasteiger partial charge in [0.1, 0.15) is 24.1 Å². The van der Waals surface area contributed by atoms with Crippen molar-refractivity contribution in [1.29, 1.82) is 5.26 Å². The number of fused-ring (bicyclic) bond motifs is 2. The number of nitrogens with one attached hydrogen (secondary N) is 2. The number of benzene rings is 1. The number of carbonyl (C=O) groups excluding carboxylic acids is 1. The molecule has 1 atom stereocenters. The summed E-state index contributed by atoms with van der Waals surface area (Å²) in [5.41, 5.74) is 1.37. The third kappa shape index (κ3) is 3.29. The van der Waals surface area contributed by atoms with Crippen LogP contribution in [0.2, 0.25) is 0 Å². The number of urea groups is 1. The Morgan fingerprint density at radius 1 is 1.32 bits per heavy atom. The smallest absolute Gasteiger partial charge is 0.318 e. The molecule has 1 aromatic heterocycles. The number of rotatable bonds is 1. The minimum atomic E-state index is -0.755. The summed E-state index contributed by atoms with van der Waals surface area (Å²) in [6, 6.07) is 4.53. The van der Waals surface area contributed by atoms with Crippen molar-refractivity contribution in [2.45, 2.75) is 25.4 Å². The number of pyridine rings is 1. The Hall–Kier alpha value is -3.41. The molecule has 1 unspecified atom stereocenters. The van der Waals surface area contributed by atoms with Crippen LogP contribution in [0.25, 0.3) is 0 Å². The van der Waals surface area contributed by atoms with Gasteiger partial charge in [-0.1, -0.05) is 0 Å². The summed E-state index contributed by atoms with van der Waals surface area (Å²) in [6.45, 7) is 0.728. The number of hydrogen-bond acceptors (Lipinski definition) is 4. The molecule has 0 radical (unpaired) electrons. The van der Waals surface area contributed by atoms with E-state index in [0.717, 1.165) is 6.07 Å². The third-order valence-corrected chi connectivity index (χ3v) is 4.92. The third-order valence-electron chi connectivity index (χ3n) is 4.92. The number of aromatic nitrogens is 1. The Balaban J connectivity index is 1.45. The zero-order chi connectivity index (χ0) is 19.8. The molecule has 144 valence electrons. The van der Waals surface area contributed by atoms with Crippen LogP contribution < -0.4 is 15.6 Å². The number of hydrogen-bond donors (Lipinski definition) is 2. The van der Waals surface area contributed by atoms with Crippen molar-refractivity contribution in [2.24, 2.45) is 0 Å². The lowest BCUT2D eigenvalue weighted by Crippen LogP contribution is -2.50. The Labute approximate surface area is 158 Å². The van der Waals surface area contributed by atoms with Crippen LogP contribution in [-0.4, -0.2) is 35.1 Å². The number of aromatic amines is 1. The van der Waals surface area contributed by atoms with Crippen molar-refractivity contribution in [3.05, 3.63) is 62.6 Å². The van der Waals surface area contributed by atoms with Crippen LogP contribution in [0, 0.1) is 23.0 Å². The molecule has 2 aliphatic heterocycles. The van der Waals surface area contributed by atoms with Crippen molar-refractivity contribution in [3.8, 4) is 11.8 Å². The Bertz CT molecular complexity index is 1060. The van der Waals surface area contributed by atoms with E-state index in [0.29, 0.717) is 29.8 Å². The molecule has 2 aliphatic rings. The number of halogens is 2. The molecule has 28 heavy (non-hydrogen) atoms. The first kappa shape index (κ1) is 18.0. The van der Waals surface area contributed by atoms with Crippen LogP contribution in [-0.2, 0) is 19.4 Å². The van der Waals surface area contributed by atoms with Gasteiger partial charge in [-0.3, -0.25) is 4.79 Å². The van der Waals surface area contributed by atoms with Gasteiger partial charge in [0.2, 0.25) is 0 Å². The largest absolute Gasteiger partial charge is 0.488 e. The molecular formula is C19H16F2N4O3. The lowest BCUT2D eigenvalue weighted by Gasteiger charge is -2.32. The van der Waals surface area contributed by atoms with Gasteiger partial charge in [-0.15, -0.1) is 0 Å². The van der Waals surface area contributed by atoms with Gasteiger partial charge in [0.25, 0.3) is 5.56 Å². The van der Waals surface area contributed by atoms with E-state index in [-0.39, 0.29) is 36.9 Å². The van der Waals surface area contributed by atoms with Gasteiger partial charge in [-0.05, 0) is 24.1 Å². The molecule has 0 spiro atoms. The van der Waals surface area contributed by atoms with Crippen molar-refractivity contribution in [1.82, 2.24) is 15.2 Å². The first-order valence-electron chi connectivity index (χ1n) is 8.76. The van der Waals surface area contributed by atoms with Crippen LogP contribution in [0.15, 0.2) is 23.0 Å². The highest BCUT2D eigenvalue weighted by Gasteiger charge is 2.28. The molecule has 9 heteroatoms. The summed E-state index contributed by atoms with van der Waals surface area (Å²) in [7, 11) is 0. The van der Waals surface area contributed by atoms with Gasteiger partial charge in [-0.2, -0.15) is 5.26 Å². The van der Waals surface area contributed by atoms with Crippen LogP contribution in [0.3, 0.4) is 0 Å². The van der Waals surface area contributed by atoms with Crippen LogP contribution in [0.4, 0.5) is 13.6 Å². The second-order valence-corrected chi connectivity index (χ2v) is 6.84. The molecule has 4 rings (SSSR count). The summed E-state index contributed by atoms with van der Waals surface area (Å²) in [4.78, 5) is 28.6. The summed E-state index contributed by atoms with van der Waals surface area (Å²) in [6.07, 6.45) is 0.718. The lowest BCUT2D eigenvalue weighted by atomic mass is 10.0. The summed E-state index contributed by atoms with van der Waals surface area (Å²) >= 11 is 0. The molecule has 0 saturated heterocycles. The van der Waals surface area contributed by atoms with Crippen LogP contribution in [0.5, 0.6) is 5.75 Å². The maximum absolute atomic E-state index is 13.7. The molecule has 0 fully saturated rings. The maximum Gasteiger partial charge on any atom is 0.318 e.